The molecule has 0 unspecified atom stereocenters. The number of rotatable bonds is 3. The second-order valence-electron chi connectivity index (χ2n) is 4.76. The molecule has 0 aliphatic heterocycles. The van der Waals surface area contributed by atoms with E-state index in [2.05, 4.69) is 52.9 Å². The van der Waals surface area contributed by atoms with Gasteiger partial charge in [0.15, 0.2) is 0 Å². The van der Waals surface area contributed by atoms with E-state index in [0.29, 0.717) is 0 Å². The van der Waals surface area contributed by atoms with Gasteiger partial charge in [-0.25, -0.2) is 0 Å². The molecule has 0 amide bonds. The van der Waals surface area contributed by atoms with Gasteiger partial charge in [-0.15, -0.1) is 6.58 Å². The minimum atomic E-state index is 0.761. The maximum Gasteiger partial charge on any atom is 0.0210 e. The summed E-state index contributed by atoms with van der Waals surface area (Å²) in [5, 5.41) is 0. The first-order chi connectivity index (χ1) is 7.81. The van der Waals surface area contributed by atoms with Gasteiger partial charge in [0.25, 0.3) is 0 Å². The molecule has 0 spiro atoms. The first-order valence-electron chi connectivity index (χ1n) is 6.16. The monoisotopic (exact) mass is 278 g/mol. The molecular formula is C15H19Br. The van der Waals surface area contributed by atoms with Gasteiger partial charge in [-0.2, -0.15) is 0 Å². The Kier molecular flexibility index (Phi) is 4.22. The molecule has 0 atom stereocenters. The zero-order chi connectivity index (χ0) is 11.4. The van der Waals surface area contributed by atoms with Crippen molar-refractivity contribution in [1.29, 1.82) is 0 Å². The van der Waals surface area contributed by atoms with E-state index in [1.807, 2.05) is 0 Å². The molecule has 1 heteroatoms. The van der Waals surface area contributed by atoms with E-state index >= 15 is 0 Å². The molecular weight excluding hydrogens is 260 g/mol. The molecule has 0 N–H and O–H groups in total. The molecule has 1 aliphatic carbocycles. The van der Waals surface area contributed by atoms with Gasteiger partial charge >= 0.3 is 0 Å². The predicted octanol–water partition coefficient (Wildman–Crippen LogP) is 5.30. The van der Waals surface area contributed by atoms with E-state index in [9.17, 15) is 0 Å². The number of halogens is 1. The Bertz CT molecular complexity index is 348. The largest absolute Gasteiger partial charge is 0.103 e. The number of benzene rings is 1. The van der Waals surface area contributed by atoms with Crippen LogP contribution >= 0.6 is 15.9 Å². The fraction of sp³-hybridized carbons (Fsp3) is 0.467. The van der Waals surface area contributed by atoms with Crippen molar-refractivity contribution in [2.45, 2.75) is 38.0 Å². The molecule has 0 saturated heterocycles. The smallest absolute Gasteiger partial charge is 0.0210 e. The Morgan fingerprint density at radius 3 is 2.50 bits per heavy atom. The fourth-order valence-corrected chi connectivity index (χ4v) is 3.36. The summed E-state index contributed by atoms with van der Waals surface area (Å²) in [6.45, 7) is 3.84. The van der Waals surface area contributed by atoms with Gasteiger partial charge in [0.1, 0.15) is 0 Å². The summed E-state index contributed by atoms with van der Waals surface area (Å²) in [4.78, 5) is 0. The lowest BCUT2D eigenvalue weighted by Gasteiger charge is -2.28. The summed E-state index contributed by atoms with van der Waals surface area (Å²) in [5.74, 6) is 1.65. The molecule has 1 aromatic rings. The molecule has 1 aliphatic rings. The quantitative estimate of drug-likeness (QED) is 0.659. The Morgan fingerprint density at radius 1 is 1.19 bits per heavy atom. The first-order valence-corrected chi connectivity index (χ1v) is 6.96. The van der Waals surface area contributed by atoms with E-state index in [-0.39, 0.29) is 0 Å². The molecule has 16 heavy (non-hydrogen) atoms. The first kappa shape index (κ1) is 11.9. The van der Waals surface area contributed by atoms with Crippen LogP contribution in [0.4, 0.5) is 0 Å². The summed E-state index contributed by atoms with van der Waals surface area (Å²) >= 11 is 3.66. The van der Waals surface area contributed by atoms with Crippen molar-refractivity contribution < 1.29 is 0 Å². The second-order valence-corrected chi connectivity index (χ2v) is 5.62. The minimum Gasteiger partial charge on any atom is -0.103 e. The highest BCUT2D eigenvalue weighted by atomic mass is 79.9. The van der Waals surface area contributed by atoms with Crippen LogP contribution in [0.2, 0.25) is 0 Å². The fourth-order valence-electron chi connectivity index (χ4n) is 2.75. The van der Waals surface area contributed by atoms with Gasteiger partial charge in [0, 0.05) is 4.47 Å². The third-order valence-electron chi connectivity index (χ3n) is 3.69. The van der Waals surface area contributed by atoms with Crippen LogP contribution in [0.3, 0.4) is 0 Å². The molecule has 2 rings (SSSR count). The number of allylic oxidation sites excluding steroid dienone is 1. The third-order valence-corrected chi connectivity index (χ3v) is 4.41. The highest BCUT2D eigenvalue weighted by Gasteiger charge is 2.22. The molecule has 0 bridgehead atoms. The third kappa shape index (κ3) is 2.76. The van der Waals surface area contributed by atoms with Crippen molar-refractivity contribution in [3.05, 3.63) is 47.0 Å². The van der Waals surface area contributed by atoms with Gasteiger partial charge in [-0.1, -0.05) is 40.2 Å². The van der Waals surface area contributed by atoms with Crippen molar-refractivity contribution in [2.75, 3.05) is 0 Å². The van der Waals surface area contributed by atoms with Gasteiger partial charge in [0.05, 0.1) is 0 Å². The number of hydrogen-bond acceptors (Lipinski definition) is 0. The minimum absolute atomic E-state index is 0.761. The molecule has 0 radical (unpaired) electrons. The molecule has 0 heterocycles. The standard InChI is InChI=1S/C15H19Br/c1-2-5-12-8-10-13(11-9-12)14-6-3-4-7-15(14)16/h2-4,6-7,12-13H,1,5,8-11H2/t12-,13-. The molecule has 1 fully saturated rings. The van der Waals surface area contributed by atoms with Crippen LogP contribution in [0.15, 0.2) is 41.4 Å². The lowest BCUT2D eigenvalue weighted by Crippen LogP contribution is -2.13. The van der Waals surface area contributed by atoms with E-state index in [4.69, 9.17) is 0 Å². The molecule has 86 valence electrons. The Hall–Kier alpha value is -0.560. The average Bonchev–Trinajstić information content (AvgIpc) is 2.31. The van der Waals surface area contributed by atoms with Crippen LogP contribution in [0.5, 0.6) is 0 Å². The van der Waals surface area contributed by atoms with Crippen LogP contribution in [0.1, 0.15) is 43.6 Å². The van der Waals surface area contributed by atoms with Crippen LogP contribution in [0, 0.1) is 5.92 Å². The molecule has 0 aromatic heterocycles. The van der Waals surface area contributed by atoms with Crippen molar-refractivity contribution in [3.63, 3.8) is 0 Å². The zero-order valence-electron chi connectivity index (χ0n) is 9.66. The van der Waals surface area contributed by atoms with Crippen molar-refractivity contribution >= 4 is 15.9 Å². The molecule has 0 nitrogen and oxygen atoms in total. The van der Waals surface area contributed by atoms with E-state index < -0.39 is 0 Å². The summed E-state index contributed by atoms with van der Waals surface area (Å²) in [5.41, 5.74) is 1.50. The highest BCUT2D eigenvalue weighted by Crippen LogP contribution is 2.39. The highest BCUT2D eigenvalue weighted by molar-refractivity contribution is 9.10. The summed E-state index contributed by atoms with van der Waals surface area (Å²) in [6.07, 6.45) is 8.66. The summed E-state index contributed by atoms with van der Waals surface area (Å²) < 4.78 is 1.28. The normalized spacial score (nSPS) is 25.3. The van der Waals surface area contributed by atoms with Crippen molar-refractivity contribution in [1.82, 2.24) is 0 Å². The Morgan fingerprint density at radius 2 is 1.88 bits per heavy atom. The van der Waals surface area contributed by atoms with Crippen LogP contribution < -0.4 is 0 Å². The van der Waals surface area contributed by atoms with Gasteiger partial charge < -0.3 is 0 Å². The van der Waals surface area contributed by atoms with Gasteiger partial charge in [-0.3, -0.25) is 0 Å². The van der Waals surface area contributed by atoms with Crippen LogP contribution in [0.25, 0.3) is 0 Å². The number of hydrogen-bond donors (Lipinski definition) is 0. The van der Waals surface area contributed by atoms with Crippen LogP contribution in [-0.4, -0.2) is 0 Å². The van der Waals surface area contributed by atoms with E-state index in [1.165, 1.54) is 42.1 Å². The lowest BCUT2D eigenvalue weighted by molar-refractivity contribution is 0.328. The predicted molar refractivity (Wildman–Crippen MR) is 73.7 cm³/mol. The lowest BCUT2D eigenvalue weighted by atomic mass is 9.77. The van der Waals surface area contributed by atoms with Crippen LogP contribution in [-0.2, 0) is 0 Å². The maximum atomic E-state index is 3.84. The SMILES string of the molecule is C=CC[C@H]1CC[C@H](c2ccccc2Br)CC1. The van der Waals surface area contributed by atoms with E-state index in [0.717, 1.165) is 11.8 Å². The zero-order valence-corrected chi connectivity index (χ0v) is 11.2. The topological polar surface area (TPSA) is 0 Å². The maximum absolute atomic E-state index is 3.84. The Balaban J connectivity index is 1.99. The van der Waals surface area contributed by atoms with Crippen molar-refractivity contribution in [3.8, 4) is 0 Å². The average molecular weight is 279 g/mol. The van der Waals surface area contributed by atoms with E-state index in [1.54, 1.807) is 0 Å². The van der Waals surface area contributed by atoms with Gasteiger partial charge in [-0.05, 0) is 55.6 Å². The Labute approximate surface area is 107 Å². The van der Waals surface area contributed by atoms with Gasteiger partial charge in [0.2, 0.25) is 0 Å². The van der Waals surface area contributed by atoms with Crippen molar-refractivity contribution in [2.24, 2.45) is 5.92 Å². The molecule has 1 aromatic carbocycles. The summed E-state index contributed by atoms with van der Waals surface area (Å²) in [6, 6.07) is 8.67. The summed E-state index contributed by atoms with van der Waals surface area (Å²) in [7, 11) is 0. The second kappa shape index (κ2) is 5.67. The molecule has 1 saturated carbocycles.